The van der Waals surface area contributed by atoms with Crippen molar-refractivity contribution in [1.82, 2.24) is 15.1 Å². The van der Waals surface area contributed by atoms with E-state index in [2.05, 4.69) is 17.1 Å². The van der Waals surface area contributed by atoms with Gasteiger partial charge in [-0.25, -0.2) is 4.79 Å². The number of nitrogens with zero attached hydrogens (tertiary/aromatic N) is 2. The number of nitrogens with one attached hydrogen (secondary N) is 1. The van der Waals surface area contributed by atoms with Gasteiger partial charge in [-0.2, -0.15) is 0 Å². The van der Waals surface area contributed by atoms with Crippen LogP contribution in [0.2, 0.25) is 0 Å². The molecule has 3 fully saturated rings. The minimum absolute atomic E-state index is 0.156. The summed E-state index contributed by atoms with van der Waals surface area (Å²) in [4.78, 5) is 16.4. The first-order valence-electron chi connectivity index (χ1n) is 7.72. The average molecular weight is 281 g/mol. The third kappa shape index (κ3) is 2.42. The number of rotatable bonds is 2. The summed E-state index contributed by atoms with van der Waals surface area (Å²) in [5.41, 5.74) is -0.0532. The monoisotopic (exact) mass is 281 g/mol. The molecule has 3 heterocycles. The summed E-state index contributed by atoms with van der Waals surface area (Å²) >= 11 is 0. The first kappa shape index (κ1) is 14.1. The molecule has 3 rings (SSSR count). The normalized spacial score (nSPS) is 29.6. The Morgan fingerprint density at radius 3 is 2.40 bits per heavy atom. The Kier molecular flexibility index (Phi) is 3.25. The SMILES string of the molecule is CC1N(CC2CNC2)CC12CN(C(=O)OC(C)(C)C)C2. The van der Waals surface area contributed by atoms with E-state index in [9.17, 15) is 4.79 Å². The maximum Gasteiger partial charge on any atom is 0.410 e. The number of carbonyl (C=O) groups is 1. The summed E-state index contributed by atoms with van der Waals surface area (Å²) in [7, 11) is 0. The van der Waals surface area contributed by atoms with Gasteiger partial charge in [0.15, 0.2) is 0 Å². The number of likely N-dealkylation sites (tertiary alicyclic amines) is 2. The summed E-state index contributed by atoms with van der Waals surface area (Å²) in [6, 6.07) is 0.599. The molecule has 0 aromatic rings. The first-order chi connectivity index (χ1) is 9.29. The van der Waals surface area contributed by atoms with Crippen molar-refractivity contribution < 1.29 is 9.53 Å². The van der Waals surface area contributed by atoms with Gasteiger partial charge in [0.25, 0.3) is 0 Å². The lowest BCUT2D eigenvalue weighted by atomic mass is 9.66. The third-order valence-corrected chi connectivity index (χ3v) is 4.97. The Hall–Kier alpha value is -0.810. The van der Waals surface area contributed by atoms with Crippen molar-refractivity contribution in [3.63, 3.8) is 0 Å². The third-order valence-electron chi connectivity index (χ3n) is 4.97. The van der Waals surface area contributed by atoms with E-state index in [4.69, 9.17) is 4.74 Å². The Balaban J connectivity index is 1.44. The molecule has 1 amide bonds. The molecule has 5 heteroatoms. The average Bonchev–Trinajstić information content (AvgIpc) is 2.19. The molecule has 0 aromatic heterocycles. The van der Waals surface area contributed by atoms with Gasteiger partial charge in [0, 0.05) is 50.7 Å². The molecule has 3 aliphatic rings. The number of hydrogen-bond acceptors (Lipinski definition) is 4. The summed E-state index contributed by atoms with van der Waals surface area (Å²) in [5, 5.41) is 3.33. The smallest absolute Gasteiger partial charge is 0.410 e. The molecule has 0 saturated carbocycles. The molecule has 0 aromatic carbocycles. The highest BCUT2D eigenvalue weighted by Crippen LogP contribution is 2.45. The number of amides is 1. The van der Waals surface area contributed by atoms with Crippen LogP contribution in [-0.2, 0) is 4.74 Å². The topological polar surface area (TPSA) is 44.8 Å². The second kappa shape index (κ2) is 4.60. The molecule has 0 aliphatic carbocycles. The van der Waals surface area contributed by atoms with Crippen LogP contribution in [-0.4, -0.2) is 66.8 Å². The molecule has 114 valence electrons. The summed E-state index contributed by atoms with van der Waals surface area (Å²) in [5.74, 6) is 0.830. The molecular weight excluding hydrogens is 254 g/mol. The van der Waals surface area contributed by atoms with Gasteiger partial charge in [-0.05, 0) is 33.6 Å². The molecule has 5 nitrogen and oxygen atoms in total. The Labute approximate surface area is 121 Å². The van der Waals surface area contributed by atoms with Crippen molar-refractivity contribution in [2.24, 2.45) is 11.3 Å². The highest BCUT2D eigenvalue weighted by atomic mass is 16.6. The lowest BCUT2D eigenvalue weighted by Gasteiger charge is -2.65. The molecular formula is C15H27N3O2. The first-order valence-corrected chi connectivity index (χ1v) is 7.72. The summed E-state index contributed by atoms with van der Waals surface area (Å²) < 4.78 is 5.42. The van der Waals surface area contributed by atoms with E-state index < -0.39 is 5.60 Å². The molecule has 1 atom stereocenters. The van der Waals surface area contributed by atoms with E-state index >= 15 is 0 Å². The van der Waals surface area contributed by atoms with E-state index in [1.165, 1.54) is 19.6 Å². The lowest BCUT2D eigenvalue weighted by molar-refractivity contribution is -0.158. The summed E-state index contributed by atoms with van der Waals surface area (Å²) in [6.07, 6.45) is -0.156. The molecule has 1 spiro atoms. The van der Waals surface area contributed by atoms with Crippen LogP contribution in [0.5, 0.6) is 0 Å². The molecule has 1 unspecified atom stereocenters. The van der Waals surface area contributed by atoms with Crippen molar-refractivity contribution in [2.75, 3.05) is 39.3 Å². The molecule has 0 bridgehead atoms. The largest absolute Gasteiger partial charge is 0.444 e. The summed E-state index contributed by atoms with van der Waals surface area (Å²) in [6.45, 7) is 14.5. The zero-order valence-corrected chi connectivity index (χ0v) is 13.1. The van der Waals surface area contributed by atoms with Gasteiger partial charge in [-0.15, -0.1) is 0 Å². The number of ether oxygens (including phenoxy) is 1. The molecule has 1 N–H and O–H groups in total. The van der Waals surface area contributed by atoms with Gasteiger partial charge < -0.3 is 15.0 Å². The molecule has 3 aliphatic heterocycles. The standard InChI is InChI=1S/C15H27N3O2/c1-11-15(8-17(11)7-12-5-16-6-12)9-18(10-15)13(19)20-14(2,3)4/h11-12,16H,5-10H2,1-4H3. The highest BCUT2D eigenvalue weighted by molar-refractivity contribution is 5.69. The van der Waals surface area contributed by atoms with Crippen LogP contribution < -0.4 is 5.32 Å². The van der Waals surface area contributed by atoms with Crippen LogP contribution in [0.3, 0.4) is 0 Å². The van der Waals surface area contributed by atoms with Crippen LogP contribution in [0, 0.1) is 11.3 Å². The van der Waals surface area contributed by atoms with Gasteiger partial charge in [-0.1, -0.05) is 0 Å². The maximum absolute atomic E-state index is 12.0. The maximum atomic E-state index is 12.0. The number of carbonyl (C=O) groups excluding carboxylic acids is 1. The van der Waals surface area contributed by atoms with Crippen molar-refractivity contribution in [3.05, 3.63) is 0 Å². The van der Waals surface area contributed by atoms with E-state index in [1.54, 1.807) is 0 Å². The van der Waals surface area contributed by atoms with Gasteiger partial charge >= 0.3 is 6.09 Å². The quantitative estimate of drug-likeness (QED) is 0.824. The van der Waals surface area contributed by atoms with Crippen molar-refractivity contribution in [3.8, 4) is 0 Å². The van der Waals surface area contributed by atoms with Crippen LogP contribution in [0.15, 0.2) is 0 Å². The van der Waals surface area contributed by atoms with Gasteiger partial charge in [0.05, 0.1) is 0 Å². The van der Waals surface area contributed by atoms with Crippen LogP contribution in [0.1, 0.15) is 27.7 Å². The molecule has 20 heavy (non-hydrogen) atoms. The Bertz CT molecular complexity index is 394. The van der Waals surface area contributed by atoms with Crippen LogP contribution in [0.25, 0.3) is 0 Å². The van der Waals surface area contributed by atoms with E-state index in [0.717, 1.165) is 25.6 Å². The lowest BCUT2D eigenvalue weighted by Crippen LogP contribution is -2.78. The Morgan fingerprint density at radius 1 is 1.30 bits per heavy atom. The zero-order chi connectivity index (χ0) is 14.5. The van der Waals surface area contributed by atoms with Crippen molar-refractivity contribution in [2.45, 2.75) is 39.3 Å². The second-order valence-electron chi connectivity index (χ2n) is 7.83. The van der Waals surface area contributed by atoms with Gasteiger partial charge in [-0.3, -0.25) is 4.90 Å². The minimum atomic E-state index is -0.395. The van der Waals surface area contributed by atoms with Crippen molar-refractivity contribution >= 4 is 6.09 Å². The van der Waals surface area contributed by atoms with E-state index in [-0.39, 0.29) is 6.09 Å². The van der Waals surface area contributed by atoms with E-state index in [0.29, 0.717) is 11.5 Å². The van der Waals surface area contributed by atoms with Crippen LogP contribution >= 0.6 is 0 Å². The predicted octanol–water partition coefficient (Wildman–Crippen LogP) is 1.15. The fourth-order valence-corrected chi connectivity index (χ4v) is 3.51. The zero-order valence-electron chi connectivity index (χ0n) is 13.1. The highest BCUT2D eigenvalue weighted by Gasteiger charge is 2.58. The predicted molar refractivity (Wildman–Crippen MR) is 77.6 cm³/mol. The molecule has 0 radical (unpaired) electrons. The van der Waals surface area contributed by atoms with Gasteiger partial charge in [0.2, 0.25) is 0 Å². The van der Waals surface area contributed by atoms with Crippen molar-refractivity contribution in [1.29, 1.82) is 0 Å². The van der Waals surface area contributed by atoms with Gasteiger partial charge in [0.1, 0.15) is 5.60 Å². The minimum Gasteiger partial charge on any atom is -0.444 e. The second-order valence-corrected chi connectivity index (χ2v) is 7.83. The number of hydrogen-bond donors (Lipinski definition) is 1. The Morgan fingerprint density at radius 2 is 1.95 bits per heavy atom. The van der Waals surface area contributed by atoms with Crippen LogP contribution in [0.4, 0.5) is 4.79 Å². The molecule has 3 saturated heterocycles. The van der Waals surface area contributed by atoms with E-state index in [1.807, 2.05) is 25.7 Å². The fraction of sp³-hybridized carbons (Fsp3) is 0.933. The fourth-order valence-electron chi connectivity index (χ4n) is 3.51.